The Hall–Kier alpha value is -3.08. The van der Waals surface area contributed by atoms with E-state index in [0.29, 0.717) is 18.0 Å². The van der Waals surface area contributed by atoms with E-state index in [0.717, 1.165) is 35.5 Å². The van der Waals surface area contributed by atoms with E-state index in [1.165, 1.54) is 10.9 Å². The molecule has 1 aliphatic heterocycles. The standard InChI is InChI=1S/C22H23N3O2/c1-3-15-12-23-13-20-21(15)18-8-7-16(10-19(18)25-20)22(26)24-11-14-5-4-6-17(9-14)27-2/h4-10,13,15,25H,3,11-12H2,1-2H3,(H,24,26). The van der Waals surface area contributed by atoms with Crippen molar-refractivity contribution in [3.05, 3.63) is 64.8 Å². The maximum Gasteiger partial charge on any atom is 0.251 e. The molecule has 0 saturated carbocycles. The largest absolute Gasteiger partial charge is 0.497 e. The number of ether oxygens (including phenoxy) is 1. The molecule has 3 aromatic rings. The Morgan fingerprint density at radius 2 is 2.19 bits per heavy atom. The molecule has 0 bridgehead atoms. The third-order valence-electron chi connectivity index (χ3n) is 5.17. The first-order chi connectivity index (χ1) is 13.2. The van der Waals surface area contributed by atoms with Crippen LogP contribution < -0.4 is 10.1 Å². The van der Waals surface area contributed by atoms with Crippen LogP contribution in [0.4, 0.5) is 0 Å². The number of rotatable bonds is 5. The van der Waals surface area contributed by atoms with Crippen LogP contribution >= 0.6 is 0 Å². The van der Waals surface area contributed by atoms with Gasteiger partial charge in [0.05, 0.1) is 12.8 Å². The van der Waals surface area contributed by atoms with Crippen molar-refractivity contribution >= 4 is 23.0 Å². The summed E-state index contributed by atoms with van der Waals surface area (Å²) < 4.78 is 5.22. The zero-order valence-electron chi connectivity index (χ0n) is 15.6. The lowest BCUT2D eigenvalue weighted by Crippen LogP contribution is -2.22. The van der Waals surface area contributed by atoms with Crippen LogP contribution in [-0.2, 0) is 6.54 Å². The lowest BCUT2D eigenvalue weighted by molar-refractivity contribution is 0.0951. The van der Waals surface area contributed by atoms with Gasteiger partial charge in [0.15, 0.2) is 0 Å². The van der Waals surface area contributed by atoms with E-state index >= 15 is 0 Å². The molecule has 2 aromatic carbocycles. The highest BCUT2D eigenvalue weighted by Gasteiger charge is 2.21. The highest BCUT2D eigenvalue weighted by atomic mass is 16.5. The van der Waals surface area contributed by atoms with E-state index in [2.05, 4.69) is 22.2 Å². The van der Waals surface area contributed by atoms with Crippen LogP contribution in [0, 0.1) is 0 Å². The van der Waals surface area contributed by atoms with Gasteiger partial charge in [-0.15, -0.1) is 0 Å². The molecule has 0 saturated heterocycles. The number of aromatic nitrogens is 1. The molecule has 1 aromatic heterocycles. The number of hydrogen-bond acceptors (Lipinski definition) is 3. The van der Waals surface area contributed by atoms with Gasteiger partial charge in [-0.3, -0.25) is 9.79 Å². The van der Waals surface area contributed by atoms with Crippen molar-refractivity contribution in [1.29, 1.82) is 0 Å². The molecule has 5 heteroatoms. The first kappa shape index (κ1) is 17.3. The predicted molar refractivity (Wildman–Crippen MR) is 108 cm³/mol. The number of aromatic amines is 1. The Labute approximate surface area is 158 Å². The summed E-state index contributed by atoms with van der Waals surface area (Å²) in [5, 5.41) is 4.17. The summed E-state index contributed by atoms with van der Waals surface area (Å²) in [6, 6.07) is 13.6. The quantitative estimate of drug-likeness (QED) is 0.720. The number of benzene rings is 2. The molecule has 2 N–H and O–H groups in total. The van der Waals surface area contributed by atoms with Crippen LogP contribution in [0.3, 0.4) is 0 Å². The van der Waals surface area contributed by atoms with Crippen LogP contribution in [0.25, 0.3) is 10.9 Å². The number of methoxy groups -OCH3 is 1. The fourth-order valence-electron chi connectivity index (χ4n) is 3.69. The Balaban J connectivity index is 1.55. The Morgan fingerprint density at radius 1 is 1.30 bits per heavy atom. The summed E-state index contributed by atoms with van der Waals surface area (Å²) >= 11 is 0. The topological polar surface area (TPSA) is 66.5 Å². The summed E-state index contributed by atoms with van der Waals surface area (Å²) in [6.07, 6.45) is 2.96. The monoisotopic (exact) mass is 361 g/mol. The van der Waals surface area contributed by atoms with Crippen LogP contribution in [0.1, 0.15) is 46.4 Å². The lowest BCUT2D eigenvalue weighted by atomic mass is 9.92. The first-order valence-electron chi connectivity index (χ1n) is 9.26. The van der Waals surface area contributed by atoms with Gasteiger partial charge in [0.1, 0.15) is 5.75 Å². The average molecular weight is 361 g/mol. The second-order valence-electron chi connectivity index (χ2n) is 6.85. The molecular formula is C22H23N3O2. The van der Waals surface area contributed by atoms with Crippen molar-refractivity contribution in [3.63, 3.8) is 0 Å². The van der Waals surface area contributed by atoms with Gasteiger partial charge in [0.2, 0.25) is 0 Å². The second kappa shape index (κ2) is 7.27. The summed E-state index contributed by atoms with van der Waals surface area (Å²) in [6.45, 7) is 3.48. The highest BCUT2D eigenvalue weighted by Crippen LogP contribution is 2.33. The van der Waals surface area contributed by atoms with Crippen molar-refractivity contribution in [2.45, 2.75) is 25.8 Å². The summed E-state index contributed by atoms with van der Waals surface area (Å²) in [5.41, 5.74) is 5.03. The number of nitrogens with one attached hydrogen (secondary N) is 2. The fourth-order valence-corrected chi connectivity index (χ4v) is 3.69. The summed E-state index contributed by atoms with van der Waals surface area (Å²) in [7, 11) is 1.64. The van der Waals surface area contributed by atoms with Gasteiger partial charge in [-0.1, -0.05) is 25.1 Å². The molecule has 4 rings (SSSR count). The van der Waals surface area contributed by atoms with Gasteiger partial charge in [-0.05, 0) is 41.8 Å². The Kier molecular flexibility index (Phi) is 4.67. The number of hydrogen-bond donors (Lipinski definition) is 2. The maximum atomic E-state index is 12.6. The van der Waals surface area contributed by atoms with Crippen LogP contribution in [-0.4, -0.2) is 30.8 Å². The second-order valence-corrected chi connectivity index (χ2v) is 6.85. The van der Waals surface area contributed by atoms with E-state index in [-0.39, 0.29) is 5.91 Å². The minimum atomic E-state index is -0.0898. The van der Waals surface area contributed by atoms with Crippen LogP contribution in [0.2, 0.25) is 0 Å². The fraction of sp³-hybridized carbons (Fsp3) is 0.273. The Bertz CT molecular complexity index is 1020. The Morgan fingerprint density at radius 3 is 3.00 bits per heavy atom. The molecule has 0 aliphatic carbocycles. The van der Waals surface area contributed by atoms with Gasteiger partial charge >= 0.3 is 0 Å². The van der Waals surface area contributed by atoms with Crippen molar-refractivity contribution < 1.29 is 9.53 Å². The van der Waals surface area contributed by atoms with Gasteiger partial charge in [-0.2, -0.15) is 0 Å². The third kappa shape index (κ3) is 3.33. The molecule has 1 unspecified atom stereocenters. The van der Waals surface area contributed by atoms with E-state index in [4.69, 9.17) is 4.74 Å². The molecule has 0 radical (unpaired) electrons. The average Bonchev–Trinajstić information content (AvgIpc) is 3.10. The molecule has 1 atom stereocenters. The van der Waals surface area contributed by atoms with E-state index in [9.17, 15) is 4.79 Å². The number of nitrogens with zero attached hydrogens (tertiary/aromatic N) is 1. The minimum absolute atomic E-state index is 0.0898. The van der Waals surface area contributed by atoms with Crippen LogP contribution in [0.5, 0.6) is 5.75 Å². The molecule has 1 aliphatic rings. The zero-order chi connectivity index (χ0) is 18.8. The molecular weight excluding hydrogens is 338 g/mol. The predicted octanol–water partition coefficient (Wildman–Crippen LogP) is 4.03. The molecule has 27 heavy (non-hydrogen) atoms. The van der Waals surface area contributed by atoms with E-state index in [1.807, 2.05) is 48.7 Å². The van der Waals surface area contributed by atoms with E-state index < -0.39 is 0 Å². The number of H-pyrrole nitrogens is 1. The van der Waals surface area contributed by atoms with Crippen molar-refractivity contribution in [1.82, 2.24) is 10.3 Å². The molecule has 2 heterocycles. The maximum absolute atomic E-state index is 12.6. The smallest absolute Gasteiger partial charge is 0.251 e. The normalized spacial score (nSPS) is 15.6. The zero-order valence-corrected chi connectivity index (χ0v) is 15.6. The number of aliphatic imine (C=N–C) groups is 1. The first-order valence-corrected chi connectivity index (χ1v) is 9.26. The minimum Gasteiger partial charge on any atom is -0.497 e. The van der Waals surface area contributed by atoms with Crippen molar-refractivity contribution in [2.75, 3.05) is 13.7 Å². The molecule has 1 amide bonds. The van der Waals surface area contributed by atoms with E-state index in [1.54, 1.807) is 7.11 Å². The SMILES string of the molecule is CCC1CN=Cc2[nH]c3cc(C(=O)NCc4cccc(OC)c4)ccc3c21. The number of carbonyl (C=O) groups excluding carboxylic acids is 1. The molecule has 0 fully saturated rings. The number of carbonyl (C=O) groups is 1. The van der Waals surface area contributed by atoms with Crippen molar-refractivity contribution in [2.24, 2.45) is 4.99 Å². The summed E-state index contributed by atoms with van der Waals surface area (Å²) in [5.74, 6) is 1.13. The molecule has 5 nitrogen and oxygen atoms in total. The van der Waals surface area contributed by atoms with Gasteiger partial charge < -0.3 is 15.0 Å². The van der Waals surface area contributed by atoms with Gasteiger partial charge in [0.25, 0.3) is 5.91 Å². The molecule has 0 spiro atoms. The number of fused-ring (bicyclic) bond motifs is 3. The number of amides is 1. The van der Waals surface area contributed by atoms with Gasteiger partial charge in [-0.25, -0.2) is 0 Å². The van der Waals surface area contributed by atoms with Crippen LogP contribution in [0.15, 0.2) is 47.5 Å². The molecule has 138 valence electrons. The van der Waals surface area contributed by atoms with Gasteiger partial charge in [0, 0.05) is 41.7 Å². The highest BCUT2D eigenvalue weighted by molar-refractivity contribution is 6.01. The summed E-state index contributed by atoms with van der Waals surface area (Å²) in [4.78, 5) is 20.5. The lowest BCUT2D eigenvalue weighted by Gasteiger charge is -2.16. The third-order valence-corrected chi connectivity index (χ3v) is 5.17. The van der Waals surface area contributed by atoms with Crippen molar-refractivity contribution in [3.8, 4) is 5.75 Å².